The third-order valence-corrected chi connectivity index (χ3v) is 7.31. The van der Waals surface area contributed by atoms with E-state index < -0.39 is 0 Å². The zero-order valence-electron chi connectivity index (χ0n) is 24.9. The van der Waals surface area contributed by atoms with Gasteiger partial charge in [-0.1, -0.05) is 6.58 Å². The molecule has 0 bridgehead atoms. The van der Waals surface area contributed by atoms with Gasteiger partial charge in [0.2, 0.25) is 11.9 Å². The maximum absolute atomic E-state index is 13.6. The van der Waals surface area contributed by atoms with Crippen molar-refractivity contribution in [2.45, 2.75) is 45.3 Å². The Morgan fingerprint density at radius 3 is 2.59 bits per heavy atom. The molecule has 0 radical (unpaired) electrons. The van der Waals surface area contributed by atoms with Gasteiger partial charge in [-0.2, -0.15) is 4.98 Å². The molecule has 2 aliphatic rings. The van der Waals surface area contributed by atoms with Crippen LogP contribution in [0.2, 0.25) is 0 Å². The molecule has 4 rings (SSSR count). The molecule has 0 spiro atoms. The fourth-order valence-electron chi connectivity index (χ4n) is 5.03. The first-order valence-corrected chi connectivity index (χ1v) is 13.9. The molecule has 41 heavy (non-hydrogen) atoms. The number of likely N-dealkylation sites (N-methyl/N-ethyl adjacent to an activating group) is 2. The van der Waals surface area contributed by atoms with Gasteiger partial charge >= 0.3 is 6.03 Å². The molecule has 2 aliphatic heterocycles. The highest BCUT2D eigenvalue weighted by molar-refractivity contribution is 6.02. The second kappa shape index (κ2) is 13.2. The van der Waals surface area contributed by atoms with Crippen LogP contribution in [0.25, 0.3) is 0 Å². The van der Waals surface area contributed by atoms with Crippen molar-refractivity contribution in [2.24, 2.45) is 0 Å². The van der Waals surface area contributed by atoms with Crippen LogP contribution in [-0.2, 0) is 16.1 Å². The summed E-state index contributed by atoms with van der Waals surface area (Å²) in [7, 11) is 7.57. The zero-order valence-corrected chi connectivity index (χ0v) is 24.9. The second-order valence-electron chi connectivity index (χ2n) is 10.9. The number of hydrogen-bond donors (Lipinski definition) is 2. The van der Waals surface area contributed by atoms with Crippen LogP contribution in [-0.4, -0.2) is 98.3 Å². The predicted molar refractivity (Wildman–Crippen MR) is 161 cm³/mol. The number of ether oxygens (including phenoxy) is 2. The quantitative estimate of drug-likeness (QED) is 0.393. The lowest BCUT2D eigenvalue weighted by Gasteiger charge is -2.42. The van der Waals surface area contributed by atoms with Crippen LogP contribution in [0.3, 0.4) is 0 Å². The number of rotatable bonds is 11. The monoisotopic (exact) mass is 566 g/mol. The highest BCUT2D eigenvalue weighted by Gasteiger charge is 2.37. The maximum atomic E-state index is 13.6. The number of aromatic nitrogens is 2. The molecule has 1 aromatic carbocycles. The fraction of sp³-hybridized carbons (Fsp3) is 0.517. The number of benzene rings is 1. The summed E-state index contributed by atoms with van der Waals surface area (Å²) < 4.78 is 11.2. The smallest absolute Gasteiger partial charge is 0.326 e. The summed E-state index contributed by atoms with van der Waals surface area (Å²) in [6.07, 6.45) is 4.64. The van der Waals surface area contributed by atoms with E-state index in [0.717, 1.165) is 37.2 Å². The minimum atomic E-state index is -0.325. The van der Waals surface area contributed by atoms with Gasteiger partial charge in [-0.05, 0) is 52.9 Å². The van der Waals surface area contributed by atoms with Gasteiger partial charge in [-0.3, -0.25) is 9.69 Å². The summed E-state index contributed by atoms with van der Waals surface area (Å²) in [5.74, 6) is 1.13. The van der Waals surface area contributed by atoms with E-state index >= 15 is 0 Å². The average Bonchev–Trinajstić information content (AvgIpc) is 2.95. The van der Waals surface area contributed by atoms with Gasteiger partial charge in [0, 0.05) is 63.3 Å². The summed E-state index contributed by atoms with van der Waals surface area (Å²) in [6, 6.07) is 3.64. The first-order valence-electron chi connectivity index (χ1n) is 13.9. The lowest BCUT2D eigenvalue weighted by atomic mass is 10.0. The third kappa shape index (κ3) is 6.88. The number of methoxy groups -OCH3 is 1. The van der Waals surface area contributed by atoms with Gasteiger partial charge in [-0.15, -0.1) is 0 Å². The fourth-order valence-corrected chi connectivity index (χ4v) is 5.03. The van der Waals surface area contributed by atoms with E-state index in [1.54, 1.807) is 24.3 Å². The summed E-state index contributed by atoms with van der Waals surface area (Å²) in [5.41, 5.74) is 2.84. The normalized spacial score (nSPS) is 15.7. The maximum Gasteiger partial charge on any atom is 0.326 e. The number of carbonyl (C=O) groups is 2. The van der Waals surface area contributed by atoms with Crippen molar-refractivity contribution in [3.63, 3.8) is 0 Å². The number of fused-ring (bicyclic) bond motifs is 1. The van der Waals surface area contributed by atoms with Crippen LogP contribution in [0.15, 0.2) is 31.0 Å². The van der Waals surface area contributed by atoms with Gasteiger partial charge in [0.1, 0.15) is 11.6 Å². The molecule has 2 N–H and O–H groups in total. The van der Waals surface area contributed by atoms with Crippen LogP contribution in [0.1, 0.15) is 32.3 Å². The first kappa shape index (κ1) is 30.1. The van der Waals surface area contributed by atoms with Gasteiger partial charge in [0.05, 0.1) is 30.7 Å². The molecule has 0 aliphatic carbocycles. The van der Waals surface area contributed by atoms with E-state index in [1.165, 1.54) is 6.08 Å². The molecule has 222 valence electrons. The molecule has 0 unspecified atom stereocenters. The topological polar surface area (TPSA) is 115 Å². The number of carbonyl (C=O) groups excluding carboxylic acids is 2. The molecule has 2 aromatic rings. The molecule has 1 saturated heterocycles. The lowest BCUT2D eigenvalue weighted by molar-refractivity contribution is -0.111. The second-order valence-corrected chi connectivity index (χ2v) is 10.9. The Balaban J connectivity index is 1.67. The van der Waals surface area contributed by atoms with E-state index in [0.29, 0.717) is 48.6 Å². The Labute approximate surface area is 242 Å². The van der Waals surface area contributed by atoms with Crippen molar-refractivity contribution < 1.29 is 19.1 Å². The van der Waals surface area contributed by atoms with Gasteiger partial charge in [0.15, 0.2) is 0 Å². The Hall–Kier alpha value is -3.90. The number of amides is 3. The highest BCUT2D eigenvalue weighted by Crippen LogP contribution is 2.39. The molecule has 3 amide bonds. The Bertz CT molecular complexity index is 1260. The summed E-state index contributed by atoms with van der Waals surface area (Å²) in [6.45, 7) is 10.9. The average molecular weight is 567 g/mol. The molecular weight excluding hydrogens is 524 g/mol. The van der Waals surface area contributed by atoms with E-state index in [9.17, 15) is 9.59 Å². The predicted octanol–water partition coefficient (Wildman–Crippen LogP) is 3.68. The van der Waals surface area contributed by atoms with Crippen LogP contribution in [0.5, 0.6) is 5.75 Å². The van der Waals surface area contributed by atoms with Crippen molar-refractivity contribution in [3.8, 4) is 5.75 Å². The van der Waals surface area contributed by atoms with Crippen molar-refractivity contribution >= 4 is 40.8 Å². The van der Waals surface area contributed by atoms with Gasteiger partial charge < -0.3 is 34.8 Å². The largest absolute Gasteiger partial charge is 0.494 e. The summed E-state index contributed by atoms with van der Waals surface area (Å²) in [4.78, 5) is 43.1. The number of hydrogen-bond acceptors (Lipinski definition) is 9. The molecule has 12 nitrogen and oxygen atoms in total. The number of anilines is 5. The number of urea groups is 1. The van der Waals surface area contributed by atoms with Crippen LogP contribution in [0.4, 0.5) is 33.6 Å². The molecule has 0 saturated carbocycles. The lowest BCUT2D eigenvalue weighted by Crippen LogP contribution is -2.55. The van der Waals surface area contributed by atoms with Crippen LogP contribution >= 0.6 is 0 Å². The van der Waals surface area contributed by atoms with E-state index in [4.69, 9.17) is 14.5 Å². The molecule has 12 heteroatoms. The minimum Gasteiger partial charge on any atom is -0.494 e. The van der Waals surface area contributed by atoms with Crippen LogP contribution < -0.4 is 25.2 Å². The van der Waals surface area contributed by atoms with Crippen molar-refractivity contribution in [1.82, 2.24) is 19.8 Å². The van der Waals surface area contributed by atoms with Crippen molar-refractivity contribution in [1.29, 1.82) is 0 Å². The third-order valence-electron chi connectivity index (χ3n) is 7.31. The molecule has 1 aromatic heterocycles. The van der Waals surface area contributed by atoms with Crippen molar-refractivity contribution in [3.05, 3.63) is 36.5 Å². The van der Waals surface area contributed by atoms with E-state index in [-0.39, 0.29) is 24.0 Å². The Morgan fingerprint density at radius 1 is 1.22 bits per heavy atom. The van der Waals surface area contributed by atoms with Gasteiger partial charge in [0.25, 0.3) is 0 Å². The van der Waals surface area contributed by atoms with E-state index in [1.807, 2.05) is 46.0 Å². The molecule has 1 fully saturated rings. The van der Waals surface area contributed by atoms with Crippen LogP contribution in [0, 0.1) is 0 Å². The number of nitrogens with zero attached hydrogens (tertiary/aromatic N) is 6. The number of nitrogens with one attached hydrogen (secondary N) is 2. The minimum absolute atomic E-state index is 0.0545. The van der Waals surface area contributed by atoms with Crippen molar-refractivity contribution in [2.75, 3.05) is 75.0 Å². The first-order chi connectivity index (χ1) is 19.6. The summed E-state index contributed by atoms with van der Waals surface area (Å²) >= 11 is 0. The standard InChI is InChI=1S/C29H42N8O4/c1-8-26(38)31-22-15-23(25(40-7)16-24(22)35(6)12-11-34(4)5)32-28-30-17-20-18-36(21-9-13-41-14-10-21)29(39)37(19(2)3)27(20)33-28/h8,15-17,19,21H,1,9-14,18H2,2-7H3,(H,31,38)(H,30,32,33). The zero-order chi connectivity index (χ0) is 29.7. The Morgan fingerprint density at radius 2 is 1.95 bits per heavy atom. The SMILES string of the molecule is C=CC(=O)Nc1cc(Nc2ncc3c(n2)N(C(C)C)C(=O)N(C2CCOCC2)C3)c(OC)cc1N(C)CCN(C)C. The summed E-state index contributed by atoms with van der Waals surface area (Å²) in [5, 5.41) is 6.16. The molecule has 0 atom stereocenters. The molecule has 3 heterocycles. The van der Waals surface area contributed by atoms with E-state index in [2.05, 4.69) is 32.0 Å². The van der Waals surface area contributed by atoms with Gasteiger partial charge in [-0.25, -0.2) is 9.78 Å². The highest BCUT2D eigenvalue weighted by atomic mass is 16.5. The Kier molecular flexibility index (Phi) is 9.66. The molecular formula is C29H42N8O4.